The van der Waals surface area contributed by atoms with Gasteiger partial charge in [0.05, 0.1) is 5.52 Å². The number of anilines is 2. The third kappa shape index (κ3) is 2.93. The number of hydrogen-bond acceptors (Lipinski definition) is 4. The SMILES string of the molecule is Nc1n[nH]c2ccc(NC(=O)NCc3cccc(O)c3)cc12. The Morgan fingerprint density at radius 2 is 2.14 bits per heavy atom. The van der Waals surface area contributed by atoms with E-state index in [-0.39, 0.29) is 11.8 Å². The van der Waals surface area contributed by atoms with Crippen molar-refractivity contribution in [3.05, 3.63) is 48.0 Å². The van der Waals surface area contributed by atoms with Crippen molar-refractivity contribution in [2.75, 3.05) is 11.1 Å². The molecule has 0 aliphatic rings. The van der Waals surface area contributed by atoms with E-state index in [4.69, 9.17) is 5.73 Å². The minimum atomic E-state index is -0.343. The Balaban J connectivity index is 1.64. The summed E-state index contributed by atoms with van der Waals surface area (Å²) in [5.74, 6) is 0.555. The summed E-state index contributed by atoms with van der Waals surface area (Å²) in [6.07, 6.45) is 0. The Morgan fingerprint density at radius 3 is 2.95 bits per heavy atom. The van der Waals surface area contributed by atoms with Crippen LogP contribution in [0, 0.1) is 0 Å². The number of amides is 2. The number of nitrogen functional groups attached to an aromatic ring is 1. The van der Waals surface area contributed by atoms with Crippen LogP contribution in [0.1, 0.15) is 5.56 Å². The molecule has 2 aromatic carbocycles. The lowest BCUT2D eigenvalue weighted by Gasteiger charge is -2.08. The molecular formula is C15H15N5O2. The van der Waals surface area contributed by atoms with E-state index in [9.17, 15) is 9.90 Å². The standard InChI is InChI=1S/C15H15N5O2/c16-14-12-7-10(4-5-13(12)19-20-14)18-15(22)17-8-9-2-1-3-11(21)6-9/h1-7,21H,8H2,(H3,16,19,20)(H2,17,18,22). The van der Waals surface area contributed by atoms with Gasteiger partial charge in [-0.1, -0.05) is 12.1 Å². The third-order valence-corrected chi connectivity index (χ3v) is 3.21. The molecule has 0 aliphatic heterocycles. The number of aromatic hydroxyl groups is 1. The topological polar surface area (TPSA) is 116 Å². The number of fused-ring (bicyclic) bond motifs is 1. The zero-order valence-corrected chi connectivity index (χ0v) is 11.6. The lowest BCUT2D eigenvalue weighted by molar-refractivity contribution is 0.251. The van der Waals surface area contributed by atoms with Crippen molar-refractivity contribution in [3.63, 3.8) is 0 Å². The zero-order chi connectivity index (χ0) is 15.5. The molecule has 0 atom stereocenters. The zero-order valence-electron chi connectivity index (χ0n) is 11.6. The molecule has 1 heterocycles. The first-order valence-electron chi connectivity index (χ1n) is 6.68. The lowest BCUT2D eigenvalue weighted by Crippen LogP contribution is -2.28. The molecule has 7 heteroatoms. The number of nitrogens with two attached hydrogens (primary N) is 1. The van der Waals surface area contributed by atoms with Crippen molar-refractivity contribution in [1.29, 1.82) is 0 Å². The number of H-pyrrole nitrogens is 1. The van der Waals surface area contributed by atoms with Gasteiger partial charge in [0.15, 0.2) is 5.82 Å². The fourth-order valence-corrected chi connectivity index (χ4v) is 2.14. The summed E-state index contributed by atoms with van der Waals surface area (Å²) < 4.78 is 0. The molecule has 6 N–H and O–H groups in total. The molecule has 22 heavy (non-hydrogen) atoms. The Morgan fingerprint density at radius 1 is 1.27 bits per heavy atom. The lowest BCUT2D eigenvalue weighted by atomic mass is 10.2. The highest BCUT2D eigenvalue weighted by Gasteiger charge is 2.06. The summed E-state index contributed by atoms with van der Waals surface area (Å²) in [6, 6.07) is 11.7. The number of urea groups is 1. The van der Waals surface area contributed by atoms with Gasteiger partial charge in [-0.15, -0.1) is 0 Å². The normalized spacial score (nSPS) is 10.5. The number of nitrogens with zero attached hydrogens (tertiary/aromatic N) is 1. The van der Waals surface area contributed by atoms with E-state index in [1.54, 1.807) is 36.4 Å². The molecular weight excluding hydrogens is 282 g/mol. The van der Waals surface area contributed by atoms with Crippen LogP contribution < -0.4 is 16.4 Å². The molecule has 3 aromatic rings. The van der Waals surface area contributed by atoms with Gasteiger partial charge in [-0.05, 0) is 35.9 Å². The number of rotatable bonds is 3. The van der Waals surface area contributed by atoms with Gasteiger partial charge < -0.3 is 21.5 Å². The first kappa shape index (κ1) is 13.7. The van der Waals surface area contributed by atoms with Gasteiger partial charge in [-0.25, -0.2) is 4.79 Å². The van der Waals surface area contributed by atoms with Gasteiger partial charge in [0.2, 0.25) is 0 Å². The molecule has 0 aliphatic carbocycles. The highest BCUT2D eigenvalue weighted by atomic mass is 16.3. The first-order chi connectivity index (χ1) is 10.6. The summed E-state index contributed by atoms with van der Waals surface area (Å²) in [4.78, 5) is 11.9. The molecule has 1 aromatic heterocycles. The van der Waals surface area contributed by atoms with Crippen molar-refractivity contribution >= 4 is 28.4 Å². The molecule has 2 amide bonds. The molecule has 0 fully saturated rings. The Labute approximate surface area is 126 Å². The Hall–Kier alpha value is -3.22. The van der Waals surface area contributed by atoms with Crippen molar-refractivity contribution in [1.82, 2.24) is 15.5 Å². The first-order valence-corrected chi connectivity index (χ1v) is 6.68. The molecule has 7 nitrogen and oxygen atoms in total. The third-order valence-electron chi connectivity index (χ3n) is 3.21. The van der Waals surface area contributed by atoms with Crippen LogP contribution in [0.3, 0.4) is 0 Å². The van der Waals surface area contributed by atoms with Gasteiger partial charge in [-0.2, -0.15) is 5.10 Å². The summed E-state index contributed by atoms with van der Waals surface area (Å²) in [5.41, 5.74) is 7.97. The number of hydrogen-bond donors (Lipinski definition) is 5. The van der Waals surface area contributed by atoms with Gasteiger partial charge >= 0.3 is 6.03 Å². The summed E-state index contributed by atoms with van der Waals surface area (Å²) in [7, 11) is 0. The van der Waals surface area contributed by atoms with Crippen LogP contribution >= 0.6 is 0 Å². The van der Waals surface area contributed by atoms with Crippen LogP contribution in [0.4, 0.5) is 16.3 Å². The van der Waals surface area contributed by atoms with Gasteiger partial charge in [0.25, 0.3) is 0 Å². The maximum Gasteiger partial charge on any atom is 0.319 e. The molecule has 0 saturated carbocycles. The maximum atomic E-state index is 11.9. The van der Waals surface area contributed by atoms with Gasteiger partial charge in [0.1, 0.15) is 5.75 Å². The second kappa shape index (κ2) is 5.65. The van der Waals surface area contributed by atoms with Gasteiger partial charge in [-0.3, -0.25) is 5.10 Å². The number of phenolic OH excluding ortho intramolecular Hbond substituents is 1. The van der Waals surface area contributed by atoms with Crippen LogP contribution in [-0.4, -0.2) is 21.3 Å². The van der Waals surface area contributed by atoms with Crippen LogP contribution in [0.5, 0.6) is 5.75 Å². The molecule has 0 bridgehead atoms. The highest BCUT2D eigenvalue weighted by molar-refractivity contribution is 5.95. The van der Waals surface area contributed by atoms with E-state index in [0.29, 0.717) is 18.1 Å². The molecule has 0 spiro atoms. The average Bonchev–Trinajstić information content (AvgIpc) is 2.87. The number of aromatic amines is 1. The molecule has 0 unspecified atom stereocenters. The van der Waals surface area contributed by atoms with Crippen molar-refractivity contribution in [3.8, 4) is 5.75 Å². The number of nitrogens with one attached hydrogen (secondary N) is 3. The largest absolute Gasteiger partial charge is 0.508 e. The van der Waals surface area contributed by atoms with Crippen molar-refractivity contribution < 1.29 is 9.90 Å². The van der Waals surface area contributed by atoms with Gasteiger partial charge in [0, 0.05) is 17.6 Å². The number of carbonyl (C=O) groups is 1. The van der Waals surface area contributed by atoms with E-state index >= 15 is 0 Å². The van der Waals surface area contributed by atoms with Crippen LogP contribution in [0.15, 0.2) is 42.5 Å². The maximum absolute atomic E-state index is 11.9. The van der Waals surface area contributed by atoms with E-state index in [0.717, 1.165) is 16.5 Å². The summed E-state index contributed by atoms with van der Waals surface area (Å²) >= 11 is 0. The number of benzene rings is 2. The van der Waals surface area contributed by atoms with E-state index in [1.165, 1.54) is 0 Å². The smallest absolute Gasteiger partial charge is 0.319 e. The van der Waals surface area contributed by atoms with E-state index < -0.39 is 0 Å². The average molecular weight is 297 g/mol. The summed E-state index contributed by atoms with van der Waals surface area (Å²) in [6.45, 7) is 0.316. The quantitative estimate of drug-likeness (QED) is 0.509. The number of carbonyl (C=O) groups excluding carboxylic acids is 1. The fourth-order valence-electron chi connectivity index (χ4n) is 2.14. The van der Waals surface area contributed by atoms with Crippen LogP contribution in [0.2, 0.25) is 0 Å². The van der Waals surface area contributed by atoms with Crippen molar-refractivity contribution in [2.45, 2.75) is 6.54 Å². The Kier molecular flexibility index (Phi) is 3.53. The van der Waals surface area contributed by atoms with Crippen LogP contribution in [-0.2, 0) is 6.54 Å². The molecule has 112 valence electrons. The Bertz CT molecular complexity index is 828. The van der Waals surface area contributed by atoms with E-state index in [1.807, 2.05) is 6.07 Å². The fraction of sp³-hybridized carbons (Fsp3) is 0.0667. The second-order valence-corrected chi connectivity index (χ2v) is 4.85. The summed E-state index contributed by atoms with van der Waals surface area (Å²) in [5, 5.41) is 22.3. The number of aromatic nitrogens is 2. The van der Waals surface area contributed by atoms with Crippen LogP contribution in [0.25, 0.3) is 10.9 Å². The predicted molar refractivity (Wildman–Crippen MR) is 84.5 cm³/mol. The highest BCUT2D eigenvalue weighted by Crippen LogP contribution is 2.21. The minimum absolute atomic E-state index is 0.167. The van der Waals surface area contributed by atoms with E-state index in [2.05, 4.69) is 20.8 Å². The van der Waals surface area contributed by atoms with Crippen molar-refractivity contribution in [2.24, 2.45) is 0 Å². The predicted octanol–water partition coefficient (Wildman–Crippen LogP) is 2.17. The monoisotopic (exact) mass is 297 g/mol. The second-order valence-electron chi connectivity index (χ2n) is 4.85. The molecule has 3 rings (SSSR count). The molecule has 0 saturated heterocycles. The number of phenols is 1. The molecule has 0 radical (unpaired) electrons. The minimum Gasteiger partial charge on any atom is -0.508 e.